The summed E-state index contributed by atoms with van der Waals surface area (Å²) in [5, 5.41) is 3.56. The summed E-state index contributed by atoms with van der Waals surface area (Å²) in [6.45, 7) is 6.79. The first-order valence-electron chi connectivity index (χ1n) is 7.93. The Morgan fingerprint density at radius 3 is 2.62 bits per heavy atom. The quantitative estimate of drug-likeness (QED) is 0.316. The molecule has 0 aliphatic carbocycles. The monoisotopic (exact) mass is 342 g/mol. The molecule has 0 atom stereocenters. The molecule has 24 heavy (non-hydrogen) atoms. The molecule has 0 radical (unpaired) electrons. The number of benzene rings is 2. The molecular weight excluding hydrogens is 320 g/mol. The third-order valence-corrected chi connectivity index (χ3v) is 4.28. The molecule has 0 unspecified atom stereocenters. The largest absolute Gasteiger partial charge is 0.492 e. The zero-order valence-corrected chi connectivity index (χ0v) is 14.6. The molecule has 0 spiro atoms. The van der Waals surface area contributed by atoms with Crippen LogP contribution >= 0.6 is 11.8 Å². The van der Waals surface area contributed by atoms with Crippen LogP contribution < -0.4 is 9.47 Å². The standard InChI is InChI=1S/C19H22N2O2S/c1-3-5-12-23-18-13-16(21-20)17(22-11-4-2)14-19(18)24-15-9-7-6-8-10-15/h4,6-10,13-14,20H,2-3,5,11-12H2,1H3. The third kappa shape index (κ3) is 5.13. The summed E-state index contributed by atoms with van der Waals surface area (Å²) in [5.74, 6) is 1.29. The van der Waals surface area contributed by atoms with E-state index in [4.69, 9.17) is 15.0 Å². The zero-order chi connectivity index (χ0) is 17.2. The molecular formula is C19H22N2O2S. The van der Waals surface area contributed by atoms with Crippen molar-refractivity contribution in [3.8, 4) is 11.5 Å². The van der Waals surface area contributed by atoms with Crippen LogP contribution in [0.2, 0.25) is 0 Å². The van der Waals surface area contributed by atoms with E-state index in [1.54, 1.807) is 23.9 Å². The Morgan fingerprint density at radius 1 is 1.17 bits per heavy atom. The molecule has 0 aromatic heterocycles. The van der Waals surface area contributed by atoms with Crippen molar-refractivity contribution in [2.45, 2.75) is 29.6 Å². The first kappa shape index (κ1) is 18.1. The van der Waals surface area contributed by atoms with Crippen molar-refractivity contribution in [2.75, 3.05) is 13.2 Å². The van der Waals surface area contributed by atoms with Crippen molar-refractivity contribution in [2.24, 2.45) is 5.11 Å². The number of hydrogen-bond donors (Lipinski definition) is 1. The van der Waals surface area contributed by atoms with E-state index in [9.17, 15) is 0 Å². The second kappa shape index (κ2) is 9.78. The van der Waals surface area contributed by atoms with Crippen LogP contribution in [-0.4, -0.2) is 13.2 Å². The molecule has 0 saturated carbocycles. The number of rotatable bonds is 10. The van der Waals surface area contributed by atoms with Crippen LogP contribution in [0.1, 0.15) is 19.8 Å². The Morgan fingerprint density at radius 2 is 1.96 bits per heavy atom. The smallest absolute Gasteiger partial charge is 0.148 e. The molecule has 0 bridgehead atoms. The average molecular weight is 342 g/mol. The lowest BCUT2D eigenvalue weighted by molar-refractivity contribution is 0.301. The van der Waals surface area contributed by atoms with Gasteiger partial charge in [0.1, 0.15) is 23.8 Å². The van der Waals surface area contributed by atoms with Gasteiger partial charge in [-0.2, -0.15) is 5.11 Å². The summed E-state index contributed by atoms with van der Waals surface area (Å²) in [6.07, 6.45) is 3.72. The SMILES string of the molecule is C=CCOc1cc(Sc2ccccc2)c(OCCCC)cc1N=N. The molecule has 4 nitrogen and oxygen atoms in total. The second-order valence-electron chi connectivity index (χ2n) is 5.10. The minimum Gasteiger partial charge on any atom is -0.492 e. The maximum absolute atomic E-state index is 7.38. The predicted molar refractivity (Wildman–Crippen MR) is 97.9 cm³/mol. The van der Waals surface area contributed by atoms with E-state index in [-0.39, 0.29) is 0 Å². The normalized spacial score (nSPS) is 10.2. The summed E-state index contributed by atoms with van der Waals surface area (Å²) in [4.78, 5) is 2.06. The molecule has 2 aromatic rings. The molecule has 0 saturated heterocycles. The van der Waals surface area contributed by atoms with Crippen LogP contribution in [0, 0.1) is 5.53 Å². The van der Waals surface area contributed by atoms with Crippen molar-refractivity contribution >= 4 is 17.4 Å². The second-order valence-corrected chi connectivity index (χ2v) is 6.21. The highest BCUT2D eigenvalue weighted by atomic mass is 32.2. The van der Waals surface area contributed by atoms with E-state index >= 15 is 0 Å². The van der Waals surface area contributed by atoms with Crippen molar-refractivity contribution in [1.82, 2.24) is 0 Å². The van der Waals surface area contributed by atoms with E-state index in [0.717, 1.165) is 28.4 Å². The number of nitrogens with zero attached hydrogens (tertiary/aromatic N) is 1. The van der Waals surface area contributed by atoms with Gasteiger partial charge in [0.2, 0.25) is 0 Å². The first-order chi connectivity index (χ1) is 11.8. The van der Waals surface area contributed by atoms with Crippen LogP contribution in [0.4, 0.5) is 5.69 Å². The lowest BCUT2D eigenvalue weighted by atomic mass is 10.2. The highest BCUT2D eigenvalue weighted by molar-refractivity contribution is 7.99. The summed E-state index contributed by atoms with van der Waals surface area (Å²) < 4.78 is 11.5. The van der Waals surface area contributed by atoms with Crippen LogP contribution in [0.5, 0.6) is 11.5 Å². The first-order valence-corrected chi connectivity index (χ1v) is 8.75. The topological polar surface area (TPSA) is 54.7 Å². The minimum absolute atomic E-state index is 0.369. The van der Waals surface area contributed by atoms with Crippen molar-refractivity contribution in [3.63, 3.8) is 0 Å². The van der Waals surface area contributed by atoms with E-state index in [2.05, 4.69) is 18.6 Å². The van der Waals surface area contributed by atoms with Gasteiger partial charge < -0.3 is 9.47 Å². The molecule has 0 aliphatic rings. The van der Waals surface area contributed by atoms with E-state index < -0.39 is 0 Å². The fourth-order valence-corrected chi connectivity index (χ4v) is 2.95. The Bertz CT molecular complexity index is 675. The molecule has 0 amide bonds. The summed E-state index contributed by atoms with van der Waals surface area (Å²) >= 11 is 1.61. The summed E-state index contributed by atoms with van der Waals surface area (Å²) in [6, 6.07) is 13.7. The van der Waals surface area contributed by atoms with Gasteiger partial charge in [-0.1, -0.05) is 56.0 Å². The van der Waals surface area contributed by atoms with Crippen molar-refractivity contribution < 1.29 is 9.47 Å². The van der Waals surface area contributed by atoms with Gasteiger partial charge in [-0.05, 0) is 18.6 Å². The van der Waals surface area contributed by atoms with Crippen LogP contribution in [0.3, 0.4) is 0 Å². The van der Waals surface area contributed by atoms with Crippen LogP contribution in [-0.2, 0) is 0 Å². The maximum Gasteiger partial charge on any atom is 0.148 e. The molecule has 5 heteroatoms. The Labute approximate surface area is 147 Å². The lowest BCUT2D eigenvalue weighted by Gasteiger charge is -2.15. The van der Waals surface area contributed by atoms with Gasteiger partial charge in [0.15, 0.2) is 0 Å². The van der Waals surface area contributed by atoms with Gasteiger partial charge in [0.05, 0.1) is 11.5 Å². The molecule has 2 rings (SSSR count). The van der Waals surface area contributed by atoms with Gasteiger partial charge in [-0.15, -0.1) is 0 Å². The number of nitrogens with one attached hydrogen (secondary N) is 1. The Hall–Kier alpha value is -2.27. The highest BCUT2D eigenvalue weighted by Crippen LogP contribution is 2.42. The fourth-order valence-electron chi connectivity index (χ4n) is 2.02. The van der Waals surface area contributed by atoms with Gasteiger partial charge in [0, 0.05) is 17.0 Å². The maximum atomic E-state index is 7.38. The van der Waals surface area contributed by atoms with Crippen molar-refractivity contribution in [3.05, 3.63) is 55.1 Å². The summed E-state index contributed by atoms with van der Waals surface area (Å²) in [7, 11) is 0. The average Bonchev–Trinajstić information content (AvgIpc) is 2.62. The van der Waals surface area contributed by atoms with E-state index in [1.165, 1.54) is 0 Å². The van der Waals surface area contributed by atoms with Gasteiger partial charge in [-0.3, -0.25) is 0 Å². The molecule has 0 heterocycles. The molecule has 0 fully saturated rings. The molecule has 1 N–H and O–H groups in total. The van der Waals surface area contributed by atoms with Gasteiger partial charge in [0.25, 0.3) is 0 Å². The lowest BCUT2D eigenvalue weighted by Crippen LogP contribution is -1.99. The minimum atomic E-state index is 0.369. The number of unbranched alkanes of at least 4 members (excludes halogenated alkanes) is 1. The fraction of sp³-hybridized carbons (Fsp3) is 0.263. The molecule has 0 aliphatic heterocycles. The van der Waals surface area contributed by atoms with Gasteiger partial charge in [-0.25, -0.2) is 5.53 Å². The third-order valence-electron chi connectivity index (χ3n) is 3.23. The Kier molecular flexibility index (Phi) is 7.36. The zero-order valence-electron chi connectivity index (χ0n) is 13.8. The number of ether oxygens (including phenoxy) is 2. The summed E-state index contributed by atoms with van der Waals surface area (Å²) in [5.41, 5.74) is 7.84. The number of hydrogen-bond acceptors (Lipinski definition) is 5. The Balaban J connectivity index is 2.34. The highest BCUT2D eigenvalue weighted by Gasteiger charge is 2.13. The van der Waals surface area contributed by atoms with Crippen LogP contribution in [0.25, 0.3) is 0 Å². The molecule has 2 aromatic carbocycles. The van der Waals surface area contributed by atoms with Gasteiger partial charge >= 0.3 is 0 Å². The molecule has 126 valence electrons. The van der Waals surface area contributed by atoms with Crippen molar-refractivity contribution in [1.29, 1.82) is 5.53 Å². The van der Waals surface area contributed by atoms with E-state index in [0.29, 0.717) is 24.7 Å². The predicted octanol–water partition coefficient (Wildman–Crippen LogP) is 6.24. The van der Waals surface area contributed by atoms with E-state index in [1.807, 2.05) is 36.4 Å². The van der Waals surface area contributed by atoms with Crippen LogP contribution in [0.15, 0.2) is 70.0 Å².